The Bertz CT molecular complexity index is 874. The quantitative estimate of drug-likeness (QED) is 0.735. The number of carbonyl (C=O) groups excluding carboxylic acids is 1. The van der Waals surface area contributed by atoms with Crippen LogP contribution in [0.3, 0.4) is 0 Å². The van der Waals surface area contributed by atoms with Crippen molar-refractivity contribution in [1.29, 1.82) is 0 Å². The number of pyridine rings is 1. The van der Waals surface area contributed by atoms with Crippen LogP contribution >= 0.6 is 11.3 Å². The summed E-state index contributed by atoms with van der Waals surface area (Å²) < 4.78 is 0. The van der Waals surface area contributed by atoms with Crippen LogP contribution in [0.15, 0.2) is 30.7 Å². The van der Waals surface area contributed by atoms with E-state index in [-0.39, 0.29) is 5.91 Å². The van der Waals surface area contributed by atoms with E-state index < -0.39 is 0 Å². The second-order valence-corrected chi connectivity index (χ2v) is 6.61. The van der Waals surface area contributed by atoms with Crippen molar-refractivity contribution in [2.24, 2.45) is 0 Å². The molecule has 1 amide bonds. The number of carbonyl (C=O) groups is 1. The Balaban J connectivity index is 1.91. The summed E-state index contributed by atoms with van der Waals surface area (Å²) in [5.41, 5.74) is 1.76. The van der Waals surface area contributed by atoms with Gasteiger partial charge in [-0.15, -0.1) is 11.3 Å². The highest BCUT2D eigenvalue weighted by atomic mass is 32.1. The highest BCUT2D eigenvalue weighted by Gasteiger charge is 2.20. The topological polar surface area (TPSA) is 71.0 Å². The third-order valence-corrected chi connectivity index (χ3v) is 5.33. The van der Waals surface area contributed by atoms with Crippen LogP contribution in [0.5, 0.6) is 0 Å². The molecule has 3 aromatic rings. The summed E-state index contributed by atoms with van der Waals surface area (Å²) >= 11 is 1.41. The Morgan fingerprint density at radius 3 is 2.68 bits per heavy atom. The summed E-state index contributed by atoms with van der Waals surface area (Å²) in [6.07, 6.45) is 3.29. The fraction of sp³-hybridized carbons (Fsp3) is 0.333. The van der Waals surface area contributed by atoms with Gasteiger partial charge in [0.2, 0.25) is 0 Å². The number of fused-ring (bicyclic) bond motifs is 1. The number of nitrogens with zero attached hydrogens (tertiary/aromatic N) is 4. The van der Waals surface area contributed by atoms with Crippen molar-refractivity contribution in [2.45, 2.75) is 27.3 Å². The first-order valence-corrected chi connectivity index (χ1v) is 9.14. The van der Waals surface area contributed by atoms with Gasteiger partial charge in [0.05, 0.1) is 22.5 Å². The molecule has 25 heavy (non-hydrogen) atoms. The van der Waals surface area contributed by atoms with Crippen molar-refractivity contribution in [3.63, 3.8) is 0 Å². The van der Waals surface area contributed by atoms with Gasteiger partial charge in [-0.1, -0.05) is 6.07 Å². The van der Waals surface area contributed by atoms with E-state index in [1.54, 1.807) is 12.5 Å². The van der Waals surface area contributed by atoms with E-state index in [4.69, 9.17) is 0 Å². The maximum absolute atomic E-state index is 12.6. The zero-order valence-corrected chi connectivity index (χ0v) is 15.4. The van der Waals surface area contributed by atoms with E-state index in [9.17, 15) is 4.79 Å². The highest BCUT2D eigenvalue weighted by molar-refractivity contribution is 7.20. The Morgan fingerprint density at radius 2 is 2.00 bits per heavy atom. The van der Waals surface area contributed by atoms with E-state index in [0.717, 1.165) is 40.4 Å². The average Bonchev–Trinajstić information content (AvgIpc) is 2.99. The molecule has 7 heteroatoms. The maximum Gasteiger partial charge on any atom is 0.262 e. The van der Waals surface area contributed by atoms with Crippen molar-refractivity contribution in [2.75, 3.05) is 18.0 Å². The molecule has 0 atom stereocenters. The van der Waals surface area contributed by atoms with Crippen LogP contribution in [-0.4, -0.2) is 33.9 Å². The van der Waals surface area contributed by atoms with Crippen LogP contribution < -0.4 is 10.2 Å². The standard InChI is InChI=1S/C18H21N5OS/c1-4-23(5-2)16-14-12(3)15(25-18(14)22-11-21-16)17(24)20-10-13-8-6-7-9-19-13/h6-9,11H,4-5,10H2,1-3H3,(H,20,24). The molecule has 3 heterocycles. The Kier molecular flexibility index (Phi) is 5.23. The number of nitrogens with one attached hydrogen (secondary N) is 1. The average molecular weight is 355 g/mol. The molecule has 0 aliphatic carbocycles. The van der Waals surface area contributed by atoms with Crippen molar-refractivity contribution in [3.05, 3.63) is 46.9 Å². The summed E-state index contributed by atoms with van der Waals surface area (Å²) in [5, 5.41) is 3.91. The van der Waals surface area contributed by atoms with Gasteiger partial charge in [0.25, 0.3) is 5.91 Å². The van der Waals surface area contributed by atoms with E-state index in [2.05, 4.69) is 39.0 Å². The van der Waals surface area contributed by atoms with Crippen LogP contribution in [-0.2, 0) is 6.54 Å². The lowest BCUT2D eigenvalue weighted by Gasteiger charge is -2.20. The smallest absolute Gasteiger partial charge is 0.262 e. The molecule has 0 aliphatic rings. The molecule has 1 N–H and O–H groups in total. The van der Waals surface area contributed by atoms with Crippen molar-refractivity contribution in [1.82, 2.24) is 20.3 Å². The van der Waals surface area contributed by atoms with Gasteiger partial charge in [-0.25, -0.2) is 9.97 Å². The maximum atomic E-state index is 12.6. The molecule has 0 aliphatic heterocycles. The van der Waals surface area contributed by atoms with E-state index >= 15 is 0 Å². The predicted octanol–water partition coefficient (Wildman–Crippen LogP) is 3.17. The Morgan fingerprint density at radius 1 is 1.20 bits per heavy atom. The number of thiophene rings is 1. The minimum atomic E-state index is -0.100. The Hall–Kier alpha value is -2.54. The molecule has 0 fully saturated rings. The molecule has 0 aromatic carbocycles. The zero-order valence-electron chi connectivity index (χ0n) is 14.6. The number of anilines is 1. The molecule has 3 rings (SSSR count). The number of rotatable bonds is 6. The largest absolute Gasteiger partial charge is 0.357 e. The fourth-order valence-corrected chi connectivity index (χ4v) is 3.85. The van der Waals surface area contributed by atoms with Gasteiger partial charge < -0.3 is 10.2 Å². The first kappa shape index (κ1) is 17.3. The van der Waals surface area contributed by atoms with Gasteiger partial charge in [0.1, 0.15) is 17.0 Å². The molecule has 130 valence electrons. The molecule has 0 saturated heterocycles. The molecule has 6 nitrogen and oxygen atoms in total. The lowest BCUT2D eigenvalue weighted by atomic mass is 10.2. The van der Waals surface area contributed by atoms with E-state index in [1.807, 2.05) is 25.1 Å². The molecular formula is C18H21N5OS. The second-order valence-electron chi connectivity index (χ2n) is 5.61. The van der Waals surface area contributed by atoms with Gasteiger partial charge in [-0.2, -0.15) is 0 Å². The van der Waals surface area contributed by atoms with Gasteiger partial charge in [-0.3, -0.25) is 9.78 Å². The predicted molar refractivity (Wildman–Crippen MR) is 101 cm³/mol. The summed E-state index contributed by atoms with van der Waals surface area (Å²) in [6, 6.07) is 5.65. The van der Waals surface area contributed by atoms with Gasteiger partial charge in [0.15, 0.2) is 0 Å². The molecule has 0 bridgehead atoms. The van der Waals surface area contributed by atoms with Crippen molar-refractivity contribution in [3.8, 4) is 0 Å². The lowest BCUT2D eigenvalue weighted by Crippen LogP contribution is -2.24. The molecule has 3 aromatic heterocycles. The second kappa shape index (κ2) is 7.57. The van der Waals surface area contributed by atoms with Crippen LogP contribution in [0.25, 0.3) is 10.2 Å². The number of amides is 1. The van der Waals surface area contributed by atoms with Crippen molar-refractivity contribution < 1.29 is 4.79 Å². The zero-order chi connectivity index (χ0) is 17.8. The molecule has 0 spiro atoms. The summed E-state index contributed by atoms with van der Waals surface area (Å²) in [7, 11) is 0. The number of aryl methyl sites for hydroxylation is 1. The molecule has 0 saturated carbocycles. The Labute approximate surface area is 150 Å². The first-order chi connectivity index (χ1) is 12.2. The minimum Gasteiger partial charge on any atom is -0.357 e. The third-order valence-electron chi connectivity index (χ3n) is 4.13. The lowest BCUT2D eigenvalue weighted by molar-refractivity contribution is 0.0954. The normalized spacial score (nSPS) is 10.8. The van der Waals surface area contributed by atoms with E-state index in [1.165, 1.54) is 11.3 Å². The van der Waals surface area contributed by atoms with Crippen LogP contribution in [0.1, 0.15) is 34.8 Å². The van der Waals surface area contributed by atoms with E-state index in [0.29, 0.717) is 11.4 Å². The van der Waals surface area contributed by atoms with Crippen LogP contribution in [0.4, 0.5) is 5.82 Å². The first-order valence-electron chi connectivity index (χ1n) is 8.32. The van der Waals surface area contributed by atoms with Gasteiger partial charge >= 0.3 is 0 Å². The van der Waals surface area contributed by atoms with Crippen LogP contribution in [0, 0.1) is 6.92 Å². The molecule has 0 radical (unpaired) electrons. The monoisotopic (exact) mass is 355 g/mol. The highest BCUT2D eigenvalue weighted by Crippen LogP contribution is 2.34. The van der Waals surface area contributed by atoms with Crippen LogP contribution in [0.2, 0.25) is 0 Å². The summed E-state index contributed by atoms with van der Waals surface area (Å²) in [5.74, 6) is 0.796. The molecular weight excluding hydrogens is 334 g/mol. The third kappa shape index (κ3) is 3.46. The fourth-order valence-electron chi connectivity index (χ4n) is 2.79. The number of hydrogen-bond acceptors (Lipinski definition) is 6. The van der Waals surface area contributed by atoms with Gasteiger partial charge in [-0.05, 0) is 38.5 Å². The molecule has 0 unspecified atom stereocenters. The number of hydrogen-bond donors (Lipinski definition) is 1. The summed E-state index contributed by atoms with van der Waals surface area (Å²) in [6.45, 7) is 8.28. The SMILES string of the molecule is CCN(CC)c1ncnc2sc(C(=O)NCc3ccccn3)c(C)c12. The van der Waals surface area contributed by atoms with Gasteiger partial charge in [0, 0.05) is 19.3 Å². The minimum absolute atomic E-state index is 0.100. The van der Waals surface area contributed by atoms with Crippen molar-refractivity contribution >= 4 is 33.3 Å². The summed E-state index contributed by atoms with van der Waals surface area (Å²) in [4.78, 5) is 29.4. The number of aromatic nitrogens is 3.